The van der Waals surface area contributed by atoms with Gasteiger partial charge in [-0.3, -0.25) is 0 Å². The van der Waals surface area contributed by atoms with Crippen molar-refractivity contribution >= 4 is 20.3 Å². The molecule has 0 aliphatic heterocycles. The molecule has 0 saturated heterocycles. The molecule has 0 N–H and O–H groups in total. The van der Waals surface area contributed by atoms with E-state index in [1.165, 1.54) is 42.0 Å². The van der Waals surface area contributed by atoms with E-state index in [0.29, 0.717) is 0 Å². The zero-order valence-electron chi connectivity index (χ0n) is 15.7. The van der Waals surface area contributed by atoms with Crippen molar-refractivity contribution in [1.82, 2.24) is 0 Å². The molecule has 0 amide bonds. The third-order valence-electron chi connectivity index (χ3n) is 4.49. The Morgan fingerprint density at radius 3 is 2.04 bits per heavy atom. The van der Waals surface area contributed by atoms with E-state index in [1.807, 2.05) is 0 Å². The summed E-state index contributed by atoms with van der Waals surface area (Å²) in [5.74, 6) is 0. The second-order valence-electron chi connectivity index (χ2n) is 6.37. The molecule has 27 heavy (non-hydrogen) atoms. The molecule has 1 aliphatic carbocycles. The molecule has 0 spiro atoms. The molecule has 0 bridgehead atoms. The van der Waals surface area contributed by atoms with Gasteiger partial charge >= 0.3 is 21.7 Å². The summed E-state index contributed by atoms with van der Waals surface area (Å²) in [6.07, 6.45) is 10.1. The maximum atomic E-state index is 3.79. The monoisotopic (exact) mass is 470 g/mol. The Morgan fingerprint density at radius 1 is 0.852 bits per heavy atom. The van der Waals surface area contributed by atoms with Crippen molar-refractivity contribution in [2.75, 3.05) is 0 Å². The van der Waals surface area contributed by atoms with Gasteiger partial charge in [-0.05, 0) is 0 Å². The summed E-state index contributed by atoms with van der Waals surface area (Å²) >= 11 is 0. The summed E-state index contributed by atoms with van der Waals surface area (Å²) in [5.41, 5.74) is 4.35. The van der Waals surface area contributed by atoms with Crippen LogP contribution < -0.4 is 42.4 Å². The number of rotatable bonds is 7. The van der Waals surface area contributed by atoms with Crippen LogP contribution in [0.5, 0.6) is 0 Å². The zero-order chi connectivity index (χ0) is 15.9. The van der Waals surface area contributed by atoms with Gasteiger partial charge in [0.1, 0.15) is 0 Å². The van der Waals surface area contributed by atoms with Crippen LogP contribution in [-0.2, 0) is 21.7 Å². The van der Waals surface area contributed by atoms with Gasteiger partial charge in [0.05, 0.1) is 9.52 Å². The van der Waals surface area contributed by atoms with E-state index in [0.717, 1.165) is 6.42 Å². The molecule has 0 fully saturated rings. The van der Waals surface area contributed by atoms with Gasteiger partial charge in [-0.25, -0.2) is 0 Å². The Morgan fingerprint density at radius 2 is 1.44 bits per heavy atom. The van der Waals surface area contributed by atoms with Gasteiger partial charge in [0, 0.05) is 0 Å². The topological polar surface area (TPSA) is 0 Å². The van der Waals surface area contributed by atoms with Crippen LogP contribution in [0.25, 0.3) is 5.57 Å². The number of hydrogen-bond acceptors (Lipinski definition) is 0. The fourth-order valence-electron chi connectivity index (χ4n) is 3.29. The summed E-state index contributed by atoms with van der Waals surface area (Å²) in [6.45, 7) is 2.28. The van der Waals surface area contributed by atoms with Crippen LogP contribution in [-0.4, -0.2) is 9.52 Å². The standard InChI is InChI=1S/C22H25Si.3ClH.Ti/c1-2-3-6-13-19-16-21(23-20-14-9-5-10-15-20)17-22(19)18-11-7-4-8-12-18;;;;/h4-5,7-12,14-15H,2-3,6,13,16,23H2,1H3;3*1H;/q-1;;;;+4/p-3. The van der Waals surface area contributed by atoms with Gasteiger partial charge in [0.15, 0.2) is 0 Å². The first-order valence-electron chi connectivity index (χ1n) is 8.80. The minimum Gasteiger partial charge on any atom is -1.00 e. The minimum atomic E-state index is -0.368. The smallest absolute Gasteiger partial charge is 1.00 e. The number of benzene rings is 2. The molecule has 0 atom stereocenters. The first kappa shape index (κ1) is 28.9. The molecule has 3 rings (SSSR count). The Bertz CT molecular complexity index is 700. The van der Waals surface area contributed by atoms with Crippen LogP contribution >= 0.6 is 0 Å². The molecule has 0 aromatic heterocycles. The van der Waals surface area contributed by atoms with Crippen LogP contribution in [0, 0.1) is 6.08 Å². The molecule has 2 aromatic carbocycles. The average Bonchev–Trinajstić information content (AvgIpc) is 2.99. The van der Waals surface area contributed by atoms with Crippen molar-refractivity contribution in [1.29, 1.82) is 0 Å². The molecule has 0 saturated carbocycles. The number of hydrogen-bond donors (Lipinski definition) is 0. The van der Waals surface area contributed by atoms with Gasteiger partial charge in [0.25, 0.3) is 0 Å². The molecule has 0 heterocycles. The number of unbranched alkanes of at least 4 members (excludes halogenated alkanes) is 2. The first-order valence-corrected chi connectivity index (χ1v) is 10.2. The van der Waals surface area contributed by atoms with Crippen LogP contribution in [0.3, 0.4) is 0 Å². The second kappa shape index (κ2) is 15.6. The number of halogens is 3. The molecular formula is C22H25Cl3SiTi. The predicted molar refractivity (Wildman–Crippen MR) is 103 cm³/mol. The molecule has 5 heteroatoms. The van der Waals surface area contributed by atoms with Crippen molar-refractivity contribution in [3.63, 3.8) is 0 Å². The van der Waals surface area contributed by atoms with E-state index in [-0.39, 0.29) is 68.5 Å². The van der Waals surface area contributed by atoms with Gasteiger partial charge in [-0.1, -0.05) is 92.7 Å². The Labute approximate surface area is 200 Å². The fraction of sp³-hybridized carbons (Fsp3) is 0.273. The zero-order valence-corrected chi connectivity index (χ0v) is 20.9. The molecule has 0 radical (unpaired) electrons. The Kier molecular flexibility index (Phi) is 16.7. The summed E-state index contributed by atoms with van der Waals surface area (Å²) in [6, 6.07) is 21.8. The van der Waals surface area contributed by atoms with Crippen LogP contribution in [0.4, 0.5) is 0 Å². The fourth-order valence-corrected chi connectivity index (χ4v) is 4.98. The van der Waals surface area contributed by atoms with Crippen molar-refractivity contribution in [3.05, 3.63) is 83.1 Å². The Hall–Kier alpha value is -0.279. The molecule has 0 unspecified atom stereocenters. The van der Waals surface area contributed by atoms with Gasteiger partial charge in [-0.2, -0.15) is 17.2 Å². The third-order valence-corrected chi connectivity index (χ3v) is 6.22. The summed E-state index contributed by atoms with van der Waals surface area (Å²) < 4.78 is 0. The average molecular weight is 472 g/mol. The molecule has 0 nitrogen and oxygen atoms in total. The van der Waals surface area contributed by atoms with Crippen LogP contribution in [0.15, 0.2) is 71.4 Å². The molecular weight excluding hydrogens is 447 g/mol. The van der Waals surface area contributed by atoms with Gasteiger partial charge < -0.3 is 37.2 Å². The maximum Gasteiger partial charge on any atom is 4.00 e. The van der Waals surface area contributed by atoms with Crippen LogP contribution in [0.2, 0.25) is 0 Å². The summed E-state index contributed by atoms with van der Waals surface area (Å²) in [7, 11) is -0.368. The SMILES string of the molecule is CCCCCC1=C(c2ccccc2)[C-]=C([SiH2]c2ccccc2)C1.[Cl-].[Cl-].[Cl-].[Ti+4]. The molecule has 1 aliphatic rings. The molecule has 142 valence electrons. The van der Waals surface area contributed by atoms with E-state index in [4.69, 9.17) is 0 Å². The Balaban J connectivity index is 0. The first-order chi connectivity index (χ1) is 11.4. The van der Waals surface area contributed by atoms with Crippen molar-refractivity contribution < 1.29 is 58.9 Å². The predicted octanol–water partition coefficient (Wildman–Crippen LogP) is -4.38. The summed E-state index contributed by atoms with van der Waals surface area (Å²) in [5, 5.41) is 3.10. The van der Waals surface area contributed by atoms with E-state index in [2.05, 4.69) is 73.7 Å². The van der Waals surface area contributed by atoms with E-state index < -0.39 is 0 Å². The van der Waals surface area contributed by atoms with Crippen molar-refractivity contribution in [3.8, 4) is 0 Å². The second-order valence-corrected chi connectivity index (χ2v) is 8.39. The molecule has 2 aromatic rings. The van der Waals surface area contributed by atoms with Crippen LogP contribution in [0.1, 0.15) is 44.6 Å². The normalized spacial score (nSPS) is 12.6. The van der Waals surface area contributed by atoms with Gasteiger partial charge in [-0.15, -0.1) is 22.9 Å². The van der Waals surface area contributed by atoms with Crippen molar-refractivity contribution in [2.45, 2.75) is 39.0 Å². The maximum absolute atomic E-state index is 3.79. The van der Waals surface area contributed by atoms with E-state index in [1.54, 1.807) is 10.8 Å². The third kappa shape index (κ3) is 8.73. The largest absolute Gasteiger partial charge is 4.00 e. The number of allylic oxidation sites excluding steroid dienone is 4. The van der Waals surface area contributed by atoms with E-state index in [9.17, 15) is 0 Å². The van der Waals surface area contributed by atoms with Gasteiger partial charge in [0.2, 0.25) is 0 Å². The quantitative estimate of drug-likeness (QED) is 0.217. The van der Waals surface area contributed by atoms with E-state index >= 15 is 0 Å². The summed E-state index contributed by atoms with van der Waals surface area (Å²) in [4.78, 5) is 0. The minimum absolute atomic E-state index is 0. The van der Waals surface area contributed by atoms with Crippen molar-refractivity contribution in [2.24, 2.45) is 0 Å².